The SMILES string of the molecule is CCS(=O)(=O)N1CCCC(C(=O)N2CCCC(NC)C2)C1. The molecule has 2 fully saturated rings. The molecule has 0 spiro atoms. The van der Waals surface area contributed by atoms with E-state index in [1.807, 2.05) is 11.9 Å². The highest BCUT2D eigenvalue weighted by atomic mass is 32.2. The van der Waals surface area contributed by atoms with Crippen molar-refractivity contribution in [1.82, 2.24) is 14.5 Å². The van der Waals surface area contributed by atoms with E-state index < -0.39 is 10.0 Å². The van der Waals surface area contributed by atoms with Crippen molar-refractivity contribution in [3.63, 3.8) is 0 Å². The van der Waals surface area contributed by atoms with E-state index in [0.29, 0.717) is 19.1 Å². The van der Waals surface area contributed by atoms with Crippen LogP contribution in [0, 0.1) is 5.92 Å². The summed E-state index contributed by atoms with van der Waals surface area (Å²) in [6.45, 7) is 4.11. The van der Waals surface area contributed by atoms with Gasteiger partial charge < -0.3 is 10.2 Å². The van der Waals surface area contributed by atoms with Crippen LogP contribution in [0.1, 0.15) is 32.6 Å². The Morgan fingerprint density at radius 1 is 1.19 bits per heavy atom. The Morgan fingerprint density at radius 2 is 1.90 bits per heavy atom. The van der Waals surface area contributed by atoms with Crippen molar-refractivity contribution in [2.45, 2.75) is 38.6 Å². The topological polar surface area (TPSA) is 69.7 Å². The first kappa shape index (κ1) is 16.7. The van der Waals surface area contributed by atoms with Crippen molar-refractivity contribution in [3.05, 3.63) is 0 Å². The fourth-order valence-electron chi connectivity index (χ4n) is 3.25. The molecule has 0 aromatic rings. The van der Waals surface area contributed by atoms with E-state index in [-0.39, 0.29) is 17.6 Å². The van der Waals surface area contributed by atoms with E-state index in [9.17, 15) is 13.2 Å². The second kappa shape index (κ2) is 7.07. The fourth-order valence-corrected chi connectivity index (χ4v) is 4.43. The average Bonchev–Trinajstić information content (AvgIpc) is 2.54. The number of hydrogen-bond donors (Lipinski definition) is 1. The molecule has 0 aromatic heterocycles. The van der Waals surface area contributed by atoms with Crippen LogP contribution in [0.5, 0.6) is 0 Å². The molecule has 0 aliphatic carbocycles. The molecule has 122 valence electrons. The average molecular weight is 317 g/mol. The van der Waals surface area contributed by atoms with Crippen LogP contribution in [0.4, 0.5) is 0 Å². The van der Waals surface area contributed by atoms with E-state index in [1.165, 1.54) is 4.31 Å². The van der Waals surface area contributed by atoms with Crippen LogP contribution in [0.15, 0.2) is 0 Å². The number of sulfonamides is 1. The van der Waals surface area contributed by atoms with Gasteiger partial charge in [-0.1, -0.05) is 0 Å². The van der Waals surface area contributed by atoms with Gasteiger partial charge in [0.1, 0.15) is 0 Å². The Kier molecular flexibility index (Phi) is 5.62. The van der Waals surface area contributed by atoms with Crippen molar-refractivity contribution in [1.29, 1.82) is 0 Å². The van der Waals surface area contributed by atoms with E-state index in [1.54, 1.807) is 6.92 Å². The summed E-state index contributed by atoms with van der Waals surface area (Å²) in [7, 11) is -1.26. The molecule has 1 amide bonds. The Hall–Kier alpha value is -0.660. The molecule has 6 nitrogen and oxygen atoms in total. The molecule has 21 heavy (non-hydrogen) atoms. The van der Waals surface area contributed by atoms with Gasteiger partial charge in [-0.25, -0.2) is 12.7 Å². The highest BCUT2D eigenvalue weighted by Gasteiger charge is 2.34. The van der Waals surface area contributed by atoms with E-state index >= 15 is 0 Å². The van der Waals surface area contributed by atoms with Crippen molar-refractivity contribution in [3.8, 4) is 0 Å². The molecule has 0 saturated carbocycles. The third kappa shape index (κ3) is 3.96. The molecular formula is C14H27N3O3S. The normalized spacial score (nSPS) is 28.6. The van der Waals surface area contributed by atoms with Crippen molar-refractivity contribution >= 4 is 15.9 Å². The van der Waals surface area contributed by atoms with Gasteiger partial charge in [-0.3, -0.25) is 4.79 Å². The van der Waals surface area contributed by atoms with Gasteiger partial charge in [0.2, 0.25) is 15.9 Å². The lowest BCUT2D eigenvalue weighted by molar-refractivity contribution is -0.138. The first-order valence-electron chi connectivity index (χ1n) is 7.91. The summed E-state index contributed by atoms with van der Waals surface area (Å²) >= 11 is 0. The number of rotatable bonds is 4. The number of hydrogen-bond acceptors (Lipinski definition) is 4. The highest BCUT2D eigenvalue weighted by molar-refractivity contribution is 7.89. The standard InChI is InChI=1S/C14H27N3O3S/c1-3-21(19,20)17-9-4-6-12(10-17)14(18)16-8-5-7-13(11-16)15-2/h12-13,15H,3-11H2,1-2H3. The van der Waals surface area contributed by atoms with Crippen molar-refractivity contribution in [2.75, 3.05) is 39.0 Å². The van der Waals surface area contributed by atoms with Crippen LogP contribution < -0.4 is 5.32 Å². The van der Waals surface area contributed by atoms with Crippen molar-refractivity contribution in [2.24, 2.45) is 5.92 Å². The molecule has 2 rings (SSSR count). The predicted molar refractivity (Wildman–Crippen MR) is 82.4 cm³/mol. The third-order valence-electron chi connectivity index (χ3n) is 4.63. The number of piperidine rings is 2. The molecule has 0 aromatic carbocycles. The molecule has 2 heterocycles. The van der Waals surface area contributed by atoms with Gasteiger partial charge in [-0.05, 0) is 39.7 Å². The number of nitrogens with one attached hydrogen (secondary N) is 1. The summed E-state index contributed by atoms with van der Waals surface area (Å²) in [5.41, 5.74) is 0. The maximum absolute atomic E-state index is 12.7. The lowest BCUT2D eigenvalue weighted by Crippen LogP contribution is -2.52. The van der Waals surface area contributed by atoms with Gasteiger partial charge in [0.25, 0.3) is 0 Å². The van der Waals surface area contributed by atoms with E-state index in [2.05, 4.69) is 5.32 Å². The van der Waals surface area contributed by atoms with Gasteiger partial charge in [-0.2, -0.15) is 0 Å². The minimum absolute atomic E-state index is 0.111. The third-order valence-corrected chi connectivity index (χ3v) is 6.48. The molecule has 2 saturated heterocycles. The maximum atomic E-state index is 12.7. The fraction of sp³-hybridized carbons (Fsp3) is 0.929. The maximum Gasteiger partial charge on any atom is 0.227 e. The molecule has 0 radical (unpaired) electrons. The summed E-state index contributed by atoms with van der Waals surface area (Å²) in [6, 6.07) is 0.363. The highest BCUT2D eigenvalue weighted by Crippen LogP contribution is 2.23. The number of carbonyl (C=O) groups is 1. The predicted octanol–water partition coefficient (Wildman–Crippen LogP) is 0.259. The molecule has 2 atom stereocenters. The zero-order chi connectivity index (χ0) is 15.5. The number of carbonyl (C=O) groups excluding carboxylic acids is 1. The van der Waals surface area contributed by atoms with Gasteiger partial charge in [-0.15, -0.1) is 0 Å². The Bertz CT molecular complexity index is 466. The van der Waals surface area contributed by atoms with Gasteiger partial charge in [0.15, 0.2) is 0 Å². The summed E-state index contributed by atoms with van der Waals surface area (Å²) in [4.78, 5) is 14.6. The second-order valence-electron chi connectivity index (χ2n) is 6.01. The summed E-state index contributed by atoms with van der Waals surface area (Å²) in [6.07, 6.45) is 3.69. The van der Waals surface area contributed by atoms with Gasteiger partial charge in [0, 0.05) is 32.2 Å². The van der Waals surface area contributed by atoms with Crippen LogP contribution in [0.3, 0.4) is 0 Å². The van der Waals surface area contributed by atoms with E-state index in [4.69, 9.17) is 0 Å². The van der Waals surface area contributed by atoms with E-state index in [0.717, 1.165) is 38.8 Å². The smallest absolute Gasteiger partial charge is 0.227 e. The van der Waals surface area contributed by atoms with Crippen LogP contribution in [-0.2, 0) is 14.8 Å². The molecule has 2 unspecified atom stereocenters. The quantitative estimate of drug-likeness (QED) is 0.807. The summed E-state index contributed by atoms with van der Waals surface area (Å²) in [5, 5.41) is 3.23. The Morgan fingerprint density at radius 3 is 2.57 bits per heavy atom. The molecule has 0 bridgehead atoms. The zero-order valence-corrected chi connectivity index (χ0v) is 13.9. The van der Waals surface area contributed by atoms with Crippen LogP contribution in [0.2, 0.25) is 0 Å². The number of likely N-dealkylation sites (tertiary alicyclic amines) is 1. The lowest BCUT2D eigenvalue weighted by Gasteiger charge is -2.37. The Labute approximate surface area is 127 Å². The van der Waals surface area contributed by atoms with Crippen LogP contribution >= 0.6 is 0 Å². The zero-order valence-electron chi connectivity index (χ0n) is 13.0. The lowest BCUT2D eigenvalue weighted by atomic mass is 9.96. The van der Waals surface area contributed by atoms with Gasteiger partial charge in [0.05, 0.1) is 11.7 Å². The van der Waals surface area contributed by atoms with Gasteiger partial charge >= 0.3 is 0 Å². The van der Waals surface area contributed by atoms with Crippen LogP contribution in [-0.4, -0.2) is 68.6 Å². The molecule has 1 N–H and O–H groups in total. The largest absolute Gasteiger partial charge is 0.341 e. The summed E-state index contributed by atoms with van der Waals surface area (Å²) in [5.74, 6) is 0.0704. The molecule has 2 aliphatic rings. The first-order valence-corrected chi connectivity index (χ1v) is 9.52. The molecular weight excluding hydrogens is 290 g/mol. The summed E-state index contributed by atoms with van der Waals surface area (Å²) < 4.78 is 25.5. The van der Waals surface area contributed by atoms with Crippen molar-refractivity contribution < 1.29 is 13.2 Å². The number of amides is 1. The number of likely N-dealkylation sites (N-methyl/N-ethyl adjacent to an activating group) is 1. The second-order valence-corrected chi connectivity index (χ2v) is 8.27. The minimum Gasteiger partial charge on any atom is -0.341 e. The molecule has 7 heteroatoms. The van der Waals surface area contributed by atoms with Crippen LogP contribution in [0.25, 0.3) is 0 Å². The number of nitrogens with zero attached hydrogens (tertiary/aromatic N) is 2. The first-order chi connectivity index (χ1) is 9.97. The Balaban J connectivity index is 1.99. The minimum atomic E-state index is -3.18. The molecule has 2 aliphatic heterocycles. The monoisotopic (exact) mass is 317 g/mol.